The van der Waals surface area contributed by atoms with E-state index in [4.69, 9.17) is 5.73 Å². The maximum Gasteiger partial charge on any atom is 0.296 e. The van der Waals surface area contributed by atoms with E-state index in [1.807, 2.05) is 0 Å². The number of rotatable bonds is 3. The van der Waals surface area contributed by atoms with Crippen molar-refractivity contribution >= 4 is 38.2 Å². The lowest BCUT2D eigenvalue weighted by Gasteiger charge is -2.14. The molecule has 0 heterocycles. The van der Waals surface area contributed by atoms with Gasteiger partial charge in [0.05, 0.1) is 5.56 Å². The van der Waals surface area contributed by atoms with Gasteiger partial charge in [0.15, 0.2) is 0 Å². The number of nitrogen functional groups attached to an aromatic ring is 1. The van der Waals surface area contributed by atoms with Gasteiger partial charge in [0, 0.05) is 11.1 Å². The van der Waals surface area contributed by atoms with Crippen molar-refractivity contribution in [2.75, 3.05) is 11.1 Å². The molecule has 5 N–H and O–H groups in total. The summed E-state index contributed by atoms with van der Waals surface area (Å²) in [5.41, 5.74) is 6.50. The molecule has 0 aliphatic rings. The first-order valence-corrected chi connectivity index (χ1v) is 9.02. The summed E-state index contributed by atoms with van der Waals surface area (Å²) in [5, 5.41) is 13.6. The van der Waals surface area contributed by atoms with E-state index in [2.05, 4.69) is 5.32 Å². The van der Waals surface area contributed by atoms with Crippen LogP contribution in [-0.4, -0.2) is 24.0 Å². The van der Waals surface area contributed by atoms with E-state index in [9.17, 15) is 22.9 Å². The Morgan fingerprint density at radius 1 is 1.12 bits per heavy atom. The van der Waals surface area contributed by atoms with Gasteiger partial charge in [0.1, 0.15) is 16.3 Å². The molecule has 8 heteroatoms. The molecular formula is C18H16N2O5S. The summed E-state index contributed by atoms with van der Waals surface area (Å²) in [5.74, 6) is -1.17. The Kier molecular flexibility index (Phi) is 4.31. The molecule has 7 nitrogen and oxygen atoms in total. The van der Waals surface area contributed by atoms with Gasteiger partial charge in [-0.05, 0) is 30.5 Å². The molecule has 1 amide bonds. The molecular weight excluding hydrogens is 356 g/mol. The predicted molar refractivity (Wildman–Crippen MR) is 99.0 cm³/mol. The van der Waals surface area contributed by atoms with Crippen LogP contribution in [0.2, 0.25) is 0 Å². The zero-order chi connectivity index (χ0) is 19.1. The van der Waals surface area contributed by atoms with Crippen molar-refractivity contribution in [3.8, 4) is 5.75 Å². The number of nitrogens with one attached hydrogen (secondary N) is 1. The third-order valence-corrected chi connectivity index (χ3v) is 4.83. The minimum absolute atomic E-state index is 0.124. The molecule has 0 saturated carbocycles. The molecule has 3 aromatic carbocycles. The maximum absolute atomic E-state index is 12.6. The molecule has 0 radical (unpaired) electrons. The van der Waals surface area contributed by atoms with Crippen molar-refractivity contribution in [2.45, 2.75) is 11.8 Å². The normalized spacial score (nSPS) is 11.5. The molecule has 134 valence electrons. The zero-order valence-electron chi connectivity index (χ0n) is 13.7. The molecule has 0 unspecified atom stereocenters. The number of benzene rings is 3. The lowest BCUT2D eigenvalue weighted by molar-refractivity contribution is 0.102. The van der Waals surface area contributed by atoms with Gasteiger partial charge in [0.25, 0.3) is 16.0 Å². The molecule has 3 rings (SSSR count). The van der Waals surface area contributed by atoms with Crippen LogP contribution in [-0.2, 0) is 10.1 Å². The number of hydrogen-bond acceptors (Lipinski definition) is 5. The summed E-state index contributed by atoms with van der Waals surface area (Å²) in [6.45, 7) is 1.77. The number of aromatic hydroxyl groups is 1. The number of phenolic OH excluding ortho intramolecular Hbond substituents is 1. The standard InChI is InChI=1S/C18H16N2O5S/c1-10-6-7-14(19)13(8-10)18(22)20-16-15(26(23,24)25)9-11-4-2-3-5-12(11)17(16)21/h2-9,21H,19H2,1H3,(H,20,22)(H,23,24,25). The Morgan fingerprint density at radius 3 is 2.50 bits per heavy atom. The molecule has 0 bridgehead atoms. The van der Waals surface area contributed by atoms with E-state index in [1.165, 1.54) is 12.1 Å². The number of hydrogen-bond donors (Lipinski definition) is 4. The van der Waals surface area contributed by atoms with E-state index >= 15 is 0 Å². The van der Waals surface area contributed by atoms with Gasteiger partial charge in [-0.3, -0.25) is 9.35 Å². The monoisotopic (exact) mass is 372 g/mol. The first kappa shape index (κ1) is 17.7. The summed E-state index contributed by atoms with van der Waals surface area (Å²) >= 11 is 0. The first-order valence-electron chi connectivity index (χ1n) is 7.58. The highest BCUT2D eigenvalue weighted by atomic mass is 32.2. The Bertz CT molecular complexity index is 1140. The lowest BCUT2D eigenvalue weighted by Crippen LogP contribution is -2.16. The molecule has 0 saturated heterocycles. The molecule has 0 atom stereocenters. The van der Waals surface area contributed by atoms with Gasteiger partial charge in [-0.25, -0.2) is 0 Å². The van der Waals surface area contributed by atoms with Crippen LogP contribution in [0.3, 0.4) is 0 Å². The highest BCUT2D eigenvalue weighted by Gasteiger charge is 2.24. The van der Waals surface area contributed by atoms with E-state index < -0.39 is 32.4 Å². The minimum atomic E-state index is -4.70. The molecule has 3 aromatic rings. The van der Waals surface area contributed by atoms with Crippen molar-refractivity contribution in [1.29, 1.82) is 0 Å². The van der Waals surface area contributed by atoms with Gasteiger partial charge in [0.2, 0.25) is 0 Å². The van der Waals surface area contributed by atoms with Crippen molar-refractivity contribution < 1.29 is 22.9 Å². The number of phenols is 1. The van der Waals surface area contributed by atoms with Gasteiger partial charge in [-0.2, -0.15) is 8.42 Å². The number of fused-ring (bicyclic) bond motifs is 1. The third-order valence-electron chi connectivity index (χ3n) is 3.96. The zero-order valence-corrected chi connectivity index (χ0v) is 14.5. The fourth-order valence-electron chi connectivity index (χ4n) is 2.68. The maximum atomic E-state index is 12.6. The smallest absolute Gasteiger partial charge is 0.296 e. The van der Waals surface area contributed by atoms with Gasteiger partial charge >= 0.3 is 0 Å². The Labute approximate surface area is 149 Å². The van der Waals surface area contributed by atoms with Crippen LogP contribution < -0.4 is 11.1 Å². The predicted octanol–water partition coefficient (Wildman–Crippen LogP) is 2.94. The number of aryl methyl sites for hydroxylation is 1. The summed E-state index contributed by atoms with van der Waals surface area (Å²) in [6, 6.07) is 12.4. The quantitative estimate of drug-likeness (QED) is 0.318. The number of carbonyl (C=O) groups is 1. The van der Waals surface area contributed by atoms with Crippen LogP contribution in [0.1, 0.15) is 15.9 Å². The van der Waals surface area contributed by atoms with Crippen LogP contribution in [0.25, 0.3) is 10.8 Å². The average molecular weight is 372 g/mol. The lowest BCUT2D eigenvalue weighted by atomic mass is 10.1. The largest absolute Gasteiger partial charge is 0.505 e. The fourth-order valence-corrected chi connectivity index (χ4v) is 3.36. The van der Waals surface area contributed by atoms with Gasteiger partial charge in [-0.1, -0.05) is 35.9 Å². The van der Waals surface area contributed by atoms with Crippen molar-refractivity contribution in [2.24, 2.45) is 0 Å². The third kappa shape index (κ3) is 3.19. The van der Waals surface area contributed by atoms with Crippen molar-refractivity contribution in [1.82, 2.24) is 0 Å². The van der Waals surface area contributed by atoms with Crippen molar-refractivity contribution in [3.63, 3.8) is 0 Å². The molecule has 0 aliphatic carbocycles. The summed E-state index contributed by atoms with van der Waals surface area (Å²) < 4.78 is 33.0. The molecule has 0 aromatic heterocycles. The first-order chi connectivity index (χ1) is 12.2. The Hall–Kier alpha value is -3.10. The SMILES string of the molecule is Cc1ccc(N)c(C(=O)Nc2c(S(=O)(=O)O)cc3ccccc3c2O)c1. The number of nitrogens with two attached hydrogens (primary N) is 1. The number of carbonyl (C=O) groups excluding carboxylic acids is 1. The highest BCUT2D eigenvalue weighted by Crippen LogP contribution is 2.38. The van der Waals surface area contributed by atoms with Gasteiger partial charge in [-0.15, -0.1) is 0 Å². The van der Waals surface area contributed by atoms with Gasteiger partial charge < -0.3 is 16.2 Å². The van der Waals surface area contributed by atoms with Crippen molar-refractivity contribution in [3.05, 3.63) is 59.7 Å². The second kappa shape index (κ2) is 6.32. The van der Waals surface area contributed by atoms with Crippen LogP contribution in [0.5, 0.6) is 5.75 Å². The summed E-state index contributed by atoms with van der Waals surface area (Å²) in [7, 11) is -4.70. The Balaban J connectivity index is 2.19. The second-order valence-corrected chi connectivity index (χ2v) is 7.23. The van der Waals surface area contributed by atoms with E-state index in [1.54, 1.807) is 43.3 Å². The number of amides is 1. The van der Waals surface area contributed by atoms with Crippen LogP contribution in [0.4, 0.5) is 11.4 Å². The second-order valence-electron chi connectivity index (χ2n) is 5.84. The molecule has 0 aliphatic heterocycles. The summed E-state index contributed by atoms with van der Waals surface area (Å²) in [4.78, 5) is 12.0. The number of anilines is 2. The molecule has 0 spiro atoms. The average Bonchev–Trinajstić information content (AvgIpc) is 2.58. The van der Waals surface area contributed by atoms with Crippen LogP contribution >= 0.6 is 0 Å². The molecule has 0 fully saturated rings. The highest BCUT2D eigenvalue weighted by molar-refractivity contribution is 7.86. The molecule has 26 heavy (non-hydrogen) atoms. The van der Waals surface area contributed by atoms with E-state index in [-0.39, 0.29) is 11.3 Å². The van der Waals surface area contributed by atoms with Crippen LogP contribution in [0, 0.1) is 6.92 Å². The fraction of sp³-hybridized carbons (Fsp3) is 0.0556. The van der Waals surface area contributed by atoms with E-state index in [0.717, 1.165) is 5.56 Å². The van der Waals surface area contributed by atoms with E-state index in [0.29, 0.717) is 10.8 Å². The minimum Gasteiger partial charge on any atom is -0.505 e. The Morgan fingerprint density at radius 2 is 1.81 bits per heavy atom. The van der Waals surface area contributed by atoms with Crippen LogP contribution in [0.15, 0.2) is 53.4 Å². The topological polar surface area (TPSA) is 130 Å². The summed E-state index contributed by atoms with van der Waals surface area (Å²) in [6.07, 6.45) is 0.